The van der Waals surface area contributed by atoms with Gasteiger partial charge in [-0.2, -0.15) is 9.65 Å². The van der Waals surface area contributed by atoms with Crippen LogP contribution >= 0.6 is 0 Å². The van der Waals surface area contributed by atoms with Crippen LogP contribution in [0, 0.1) is 29.6 Å². The van der Waals surface area contributed by atoms with Crippen molar-refractivity contribution in [2.45, 2.75) is 65.5 Å². The van der Waals surface area contributed by atoms with Crippen LogP contribution in [0.5, 0.6) is 0 Å². The van der Waals surface area contributed by atoms with Crippen molar-refractivity contribution in [1.82, 2.24) is 25.9 Å². The molecule has 0 amide bonds. The minimum Gasteiger partial charge on any atom is -0.383 e. The lowest BCUT2D eigenvalue weighted by Gasteiger charge is -2.25. The van der Waals surface area contributed by atoms with Gasteiger partial charge in [-0.15, -0.1) is 5.53 Å². The minimum absolute atomic E-state index is 0.101. The van der Waals surface area contributed by atoms with Gasteiger partial charge < -0.3 is 16.1 Å². The normalized spacial score (nSPS) is 16.6. The van der Waals surface area contributed by atoms with E-state index in [0.717, 1.165) is 0 Å². The lowest BCUT2D eigenvalue weighted by atomic mass is 9.96. The maximum absolute atomic E-state index is 14.0. The molecule has 9 nitrogen and oxygen atoms in total. The molecule has 42 heavy (non-hydrogen) atoms. The summed E-state index contributed by atoms with van der Waals surface area (Å²) in [6.45, 7) is 9.84. The fraction of sp³-hybridized carbons (Fsp3) is 0.400. The number of hydrogen-bond donors (Lipinski definition) is 4. The molecule has 5 rings (SSSR count). The van der Waals surface area contributed by atoms with Gasteiger partial charge in [0.15, 0.2) is 5.78 Å². The number of nitrogens with one attached hydrogen (secondary N) is 4. The van der Waals surface area contributed by atoms with E-state index in [0.29, 0.717) is 69.7 Å². The molecule has 1 aliphatic heterocycles. The van der Waals surface area contributed by atoms with Gasteiger partial charge in [-0.1, -0.05) is 26.8 Å². The number of aromatic nitrogens is 2. The summed E-state index contributed by atoms with van der Waals surface area (Å²) in [5.41, 5.74) is 8.10. The molecule has 3 aromatic rings. The van der Waals surface area contributed by atoms with E-state index in [1.807, 2.05) is 0 Å². The summed E-state index contributed by atoms with van der Waals surface area (Å²) in [4.78, 5) is 21.2. The van der Waals surface area contributed by atoms with E-state index in [1.165, 1.54) is 24.2 Å². The Balaban J connectivity index is 1.63. The standard InChI is InChI=1S/C30H33F3N8O/c1-16-20(6-7-24(31)37-16)27(23-14-41(40-39-23)30(8-9-30)28(32)33)38-19-10-21(17(2)42)26-22(11-19)25(18(12-34)13-35-26)36-15-29(3,4)5/h6-7,10-11,13-14,27-28,38-40H,8-9,15H2,1-5H3,(H,35,36)/t27-/m0/s1. The maximum Gasteiger partial charge on any atom is 0.262 e. The quantitative estimate of drug-likeness (QED) is 0.187. The van der Waals surface area contributed by atoms with Crippen molar-refractivity contribution in [2.75, 3.05) is 17.2 Å². The number of alkyl halides is 2. The number of hydrazine groups is 2. The monoisotopic (exact) mass is 578 g/mol. The van der Waals surface area contributed by atoms with Gasteiger partial charge >= 0.3 is 0 Å². The molecule has 0 bridgehead atoms. The van der Waals surface area contributed by atoms with Crippen molar-refractivity contribution < 1.29 is 18.0 Å². The SMILES string of the molecule is CC(=O)c1cc(N[C@H](C2=CN(C3(C(F)F)CC3)NN2)c2ccc(F)nc2C)cc2c(NCC(C)(C)C)c(C#N)cnc12. The summed E-state index contributed by atoms with van der Waals surface area (Å²) in [7, 11) is 0. The number of hydrogen-bond acceptors (Lipinski definition) is 9. The van der Waals surface area contributed by atoms with Crippen molar-refractivity contribution in [1.29, 1.82) is 5.26 Å². The van der Waals surface area contributed by atoms with Gasteiger partial charge in [0.25, 0.3) is 6.43 Å². The highest BCUT2D eigenvalue weighted by molar-refractivity contribution is 6.10. The fourth-order valence-electron chi connectivity index (χ4n) is 5.03. The molecule has 3 heterocycles. The van der Waals surface area contributed by atoms with Crippen LogP contribution in [0.15, 0.2) is 42.4 Å². The van der Waals surface area contributed by atoms with E-state index in [2.05, 4.69) is 58.4 Å². The number of benzene rings is 1. The highest BCUT2D eigenvalue weighted by Gasteiger charge is 2.56. The molecular formula is C30H33F3N8O. The van der Waals surface area contributed by atoms with E-state index in [-0.39, 0.29) is 11.2 Å². The molecule has 220 valence electrons. The molecule has 1 atom stereocenters. The van der Waals surface area contributed by atoms with Crippen molar-refractivity contribution in [3.05, 3.63) is 70.7 Å². The first kappa shape index (κ1) is 29.1. The number of Topliss-reactive ketones (excluding diaryl/α,β-unsaturated/α-hetero) is 1. The number of nitriles is 1. The molecule has 0 radical (unpaired) electrons. The van der Waals surface area contributed by atoms with Gasteiger partial charge in [-0.05, 0) is 50.3 Å². The van der Waals surface area contributed by atoms with Gasteiger partial charge in [0, 0.05) is 46.8 Å². The topological polar surface area (TPSA) is 118 Å². The van der Waals surface area contributed by atoms with Gasteiger partial charge in [-0.3, -0.25) is 14.8 Å². The van der Waals surface area contributed by atoms with E-state index >= 15 is 0 Å². The number of carbonyl (C=O) groups is 1. The van der Waals surface area contributed by atoms with Crippen molar-refractivity contribution in [3.63, 3.8) is 0 Å². The number of anilines is 2. The van der Waals surface area contributed by atoms with Crippen LogP contribution in [0.4, 0.5) is 24.5 Å². The third kappa shape index (κ3) is 5.56. The molecule has 12 heteroatoms. The molecule has 1 aromatic carbocycles. The number of fused-ring (bicyclic) bond motifs is 1. The Morgan fingerprint density at radius 3 is 2.60 bits per heavy atom. The summed E-state index contributed by atoms with van der Waals surface area (Å²) >= 11 is 0. The van der Waals surface area contributed by atoms with Crippen molar-refractivity contribution in [2.24, 2.45) is 5.41 Å². The third-order valence-corrected chi connectivity index (χ3v) is 7.53. The highest BCUT2D eigenvalue weighted by atomic mass is 19.3. The second kappa shape index (κ2) is 10.8. The van der Waals surface area contributed by atoms with E-state index in [4.69, 9.17) is 0 Å². The summed E-state index contributed by atoms with van der Waals surface area (Å²) in [5, 5.41) is 18.6. The maximum atomic E-state index is 14.0. The number of nitrogens with zero attached hydrogens (tertiary/aromatic N) is 4. The predicted octanol–water partition coefficient (Wildman–Crippen LogP) is 5.73. The number of carbonyl (C=O) groups excluding carboxylic acids is 1. The Morgan fingerprint density at radius 2 is 2.00 bits per heavy atom. The van der Waals surface area contributed by atoms with Gasteiger partial charge in [0.2, 0.25) is 5.95 Å². The van der Waals surface area contributed by atoms with Crippen LogP contribution in [-0.4, -0.2) is 39.3 Å². The highest BCUT2D eigenvalue weighted by Crippen LogP contribution is 2.47. The number of ketones is 1. The van der Waals surface area contributed by atoms with Gasteiger partial charge in [-0.25, -0.2) is 13.8 Å². The molecule has 2 aliphatic rings. The molecule has 1 fully saturated rings. The largest absolute Gasteiger partial charge is 0.383 e. The van der Waals surface area contributed by atoms with Crippen LogP contribution < -0.4 is 21.6 Å². The van der Waals surface area contributed by atoms with Crippen LogP contribution in [0.2, 0.25) is 0 Å². The third-order valence-electron chi connectivity index (χ3n) is 7.53. The molecular weight excluding hydrogens is 545 g/mol. The Kier molecular flexibility index (Phi) is 7.49. The zero-order chi connectivity index (χ0) is 30.4. The van der Waals surface area contributed by atoms with Crippen LogP contribution in [0.1, 0.15) is 73.8 Å². The average molecular weight is 579 g/mol. The lowest BCUT2D eigenvalue weighted by Crippen LogP contribution is -2.48. The fourth-order valence-corrected chi connectivity index (χ4v) is 5.03. The lowest BCUT2D eigenvalue weighted by molar-refractivity contribution is 0.00911. The summed E-state index contributed by atoms with van der Waals surface area (Å²) in [6.07, 6.45) is 1.15. The predicted molar refractivity (Wildman–Crippen MR) is 154 cm³/mol. The van der Waals surface area contributed by atoms with Gasteiger partial charge in [0.05, 0.1) is 28.5 Å². The first-order valence-electron chi connectivity index (χ1n) is 13.6. The van der Waals surface area contributed by atoms with Gasteiger partial charge in [0.1, 0.15) is 11.6 Å². The number of halogens is 3. The summed E-state index contributed by atoms with van der Waals surface area (Å²) in [6, 6.07) is 7.76. The van der Waals surface area contributed by atoms with Crippen molar-refractivity contribution in [3.8, 4) is 6.07 Å². The molecule has 0 saturated heterocycles. The second-order valence-corrected chi connectivity index (χ2v) is 12.0. The molecule has 4 N–H and O–H groups in total. The number of rotatable bonds is 9. The first-order chi connectivity index (χ1) is 19.8. The number of pyridine rings is 2. The van der Waals surface area contributed by atoms with Crippen molar-refractivity contribution >= 4 is 28.1 Å². The number of aryl methyl sites for hydroxylation is 1. The zero-order valence-corrected chi connectivity index (χ0v) is 24.1. The molecule has 2 aromatic heterocycles. The van der Waals surface area contributed by atoms with Crippen LogP contribution in [0.3, 0.4) is 0 Å². The first-order valence-corrected chi connectivity index (χ1v) is 13.6. The Bertz CT molecular complexity index is 1620. The zero-order valence-electron chi connectivity index (χ0n) is 24.1. The average Bonchev–Trinajstić information content (AvgIpc) is 3.60. The van der Waals surface area contributed by atoms with E-state index in [1.54, 1.807) is 31.3 Å². The Labute approximate surface area is 242 Å². The van der Waals surface area contributed by atoms with Crippen LogP contribution in [0.25, 0.3) is 10.9 Å². The Hall–Kier alpha value is -4.37. The van der Waals surface area contributed by atoms with E-state index < -0.39 is 24.0 Å². The molecule has 0 spiro atoms. The summed E-state index contributed by atoms with van der Waals surface area (Å²) < 4.78 is 41.7. The van der Waals surface area contributed by atoms with E-state index in [9.17, 15) is 23.2 Å². The molecule has 1 saturated carbocycles. The minimum atomic E-state index is -2.55. The smallest absolute Gasteiger partial charge is 0.262 e. The molecule has 0 unspecified atom stereocenters. The second-order valence-electron chi connectivity index (χ2n) is 12.0. The summed E-state index contributed by atoms with van der Waals surface area (Å²) in [5.74, 6) is -0.871. The Morgan fingerprint density at radius 1 is 1.26 bits per heavy atom. The van der Waals surface area contributed by atoms with Crippen LogP contribution in [-0.2, 0) is 0 Å². The molecule has 1 aliphatic carbocycles.